The minimum absolute atomic E-state index is 0.0521. The number of nitrogen functional groups attached to an aromatic ring is 1. The van der Waals surface area contributed by atoms with Crippen LogP contribution in [0.5, 0.6) is 0 Å². The molecule has 0 radical (unpaired) electrons. The molecule has 0 saturated heterocycles. The number of aromatic amines is 1. The molecule has 22 heavy (non-hydrogen) atoms. The topological polar surface area (TPSA) is 121 Å². The summed E-state index contributed by atoms with van der Waals surface area (Å²) < 4.78 is 0. The van der Waals surface area contributed by atoms with Crippen molar-refractivity contribution < 1.29 is 14.7 Å². The number of anilines is 2. The van der Waals surface area contributed by atoms with Crippen LogP contribution in [0.15, 0.2) is 18.2 Å². The smallest absolute Gasteiger partial charge is 0.303 e. The first-order valence-electron chi connectivity index (χ1n) is 7.23. The molecule has 0 bridgehead atoms. The van der Waals surface area contributed by atoms with E-state index in [-0.39, 0.29) is 24.2 Å². The second-order valence-corrected chi connectivity index (χ2v) is 6.00. The Bertz CT molecular complexity index is 733. The molecule has 1 aliphatic rings. The van der Waals surface area contributed by atoms with E-state index in [1.807, 2.05) is 0 Å². The number of carboxylic acid groups (broad SMARTS) is 1. The average Bonchev–Trinajstić information content (AvgIpc) is 2.74. The summed E-state index contributed by atoms with van der Waals surface area (Å²) in [6.45, 7) is 0. The molecule has 116 valence electrons. The van der Waals surface area contributed by atoms with E-state index < -0.39 is 5.97 Å². The lowest BCUT2D eigenvalue weighted by atomic mass is 9.64. The molecule has 1 aromatic heterocycles. The van der Waals surface area contributed by atoms with Gasteiger partial charge in [0.25, 0.3) is 0 Å². The standard InChI is InChI=1S/C15H18N4O3/c16-14-18-10-3-2-9(6-11(10)19-14)17-12(20)7-15(4-1-5-15)8-13(21)22/h2-3,6H,1,4-5,7-8H2,(H,17,20)(H,21,22)(H3,16,18,19). The molecule has 5 N–H and O–H groups in total. The molecular weight excluding hydrogens is 284 g/mol. The van der Waals surface area contributed by atoms with Crippen molar-refractivity contribution in [2.45, 2.75) is 32.1 Å². The van der Waals surface area contributed by atoms with Crippen molar-refractivity contribution in [1.29, 1.82) is 0 Å². The zero-order chi connectivity index (χ0) is 15.7. The minimum atomic E-state index is -0.846. The highest BCUT2D eigenvalue weighted by atomic mass is 16.4. The molecule has 2 aromatic rings. The third-order valence-electron chi connectivity index (χ3n) is 4.26. The van der Waals surface area contributed by atoms with Crippen LogP contribution >= 0.6 is 0 Å². The van der Waals surface area contributed by atoms with E-state index in [2.05, 4.69) is 15.3 Å². The van der Waals surface area contributed by atoms with Crippen LogP contribution in [0.4, 0.5) is 11.6 Å². The van der Waals surface area contributed by atoms with Gasteiger partial charge in [-0.15, -0.1) is 0 Å². The molecule has 0 unspecified atom stereocenters. The maximum absolute atomic E-state index is 12.2. The molecular formula is C15H18N4O3. The third-order valence-corrected chi connectivity index (χ3v) is 4.26. The van der Waals surface area contributed by atoms with Gasteiger partial charge in [0.15, 0.2) is 5.95 Å². The number of nitrogens with two attached hydrogens (primary N) is 1. The Morgan fingerprint density at radius 1 is 1.36 bits per heavy atom. The molecule has 1 fully saturated rings. The second kappa shape index (κ2) is 5.32. The first-order chi connectivity index (χ1) is 10.5. The summed E-state index contributed by atoms with van der Waals surface area (Å²) in [5.41, 5.74) is 7.34. The molecule has 1 amide bonds. The Morgan fingerprint density at radius 2 is 2.14 bits per heavy atom. The van der Waals surface area contributed by atoms with Gasteiger partial charge in [0, 0.05) is 12.1 Å². The first kappa shape index (κ1) is 14.4. The molecule has 3 rings (SSSR count). The number of carbonyl (C=O) groups excluding carboxylic acids is 1. The lowest BCUT2D eigenvalue weighted by Gasteiger charge is -2.40. The van der Waals surface area contributed by atoms with Crippen LogP contribution in [-0.4, -0.2) is 27.0 Å². The van der Waals surface area contributed by atoms with E-state index >= 15 is 0 Å². The molecule has 1 aromatic carbocycles. The van der Waals surface area contributed by atoms with Gasteiger partial charge < -0.3 is 21.1 Å². The van der Waals surface area contributed by atoms with Gasteiger partial charge >= 0.3 is 5.97 Å². The number of benzene rings is 1. The number of rotatable bonds is 5. The lowest BCUT2D eigenvalue weighted by Crippen LogP contribution is -2.36. The molecule has 1 saturated carbocycles. The summed E-state index contributed by atoms with van der Waals surface area (Å²) in [7, 11) is 0. The number of carbonyl (C=O) groups is 2. The zero-order valence-electron chi connectivity index (χ0n) is 12.1. The Kier molecular flexibility index (Phi) is 3.48. The first-order valence-corrected chi connectivity index (χ1v) is 7.23. The number of hydrogen-bond acceptors (Lipinski definition) is 4. The molecule has 0 spiro atoms. The van der Waals surface area contributed by atoms with Gasteiger partial charge in [-0.1, -0.05) is 6.42 Å². The molecule has 7 nitrogen and oxygen atoms in total. The summed E-state index contributed by atoms with van der Waals surface area (Å²) in [5, 5.41) is 11.8. The normalized spacial score (nSPS) is 16.2. The monoisotopic (exact) mass is 302 g/mol. The number of nitrogens with zero attached hydrogens (tertiary/aromatic N) is 1. The van der Waals surface area contributed by atoms with Crippen molar-refractivity contribution in [2.75, 3.05) is 11.1 Å². The highest BCUT2D eigenvalue weighted by Crippen LogP contribution is 2.47. The van der Waals surface area contributed by atoms with E-state index in [9.17, 15) is 9.59 Å². The summed E-state index contributed by atoms with van der Waals surface area (Å²) in [4.78, 5) is 30.1. The number of aliphatic carboxylic acids is 1. The van der Waals surface area contributed by atoms with Crippen molar-refractivity contribution in [2.24, 2.45) is 5.41 Å². The van der Waals surface area contributed by atoms with Crippen molar-refractivity contribution in [3.05, 3.63) is 18.2 Å². The SMILES string of the molecule is Nc1nc2ccc(NC(=O)CC3(CC(=O)O)CCC3)cc2[nH]1. The van der Waals surface area contributed by atoms with Gasteiger partial charge in [0.2, 0.25) is 5.91 Å². The Labute approximate surface area is 126 Å². The summed E-state index contributed by atoms with van der Waals surface area (Å²) in [5.74, 6) is -0.678. The van der Waals surface area contributed by atoms with Gasteiger partial charge in [-0.05, 0) is 36.5 Å². The van der Waals surface area contributed by atoms with Crippen molar-refractivity contribution in [1.82, 2.24) is 9.97 Å². The van der Waals surface area contributed by atoms with Crippen LogP contribution in [0.1, 0.15) is 32.1 Å². The predicted molar refractivity (Wildman–Crippen MR) is 82.3 cm³/mol. The van der Waals surface area contributed by atoms with Gasteiger partial charge in [0.05, 0.1) is 17.5 Å². The number of imidazole rings is 1. The fourth-order valence-corrected chi connectivity index (χ4v) is 3.07. The fraction of sp³-hybridized carbons (Fsp3) is 0.400. The zero-order valence-corrected chi connectivity index (χ0v) is 12.1. The van der Waals surface area contributed by atoms with Crippen LogP contribution in [-0.2, 0) is 9.59 Å². The molecule has 0 atom stereocenters. The Morgan fingerprint density at radius 3 is 2.77 bits per heavy atom. The highest BCUT2D eigenvalue weighted by molar-refractivity contribution is 5.94. The lowest BCUT2D eigenvalue weighted by molar-refractivity contribution is -0.142. The maximum atomic E-state index is 12.2. The van der Waals surface area contributed by atoms with Crippen LogP contribution < -0.4 is 11.1 Å². The van der Waals surface area contributed by atoms with Crippen LogP contribution in [0.25, 0.3) is 11.0 Å². The summed E-state index contributed by atoms with van der Waals surface area (Å²) in [6.07, 6.45) is 2.87. The molecule has 0 aliphatic heterocycles. The van der Waals surface area contributed by atoms with Gasteiger partial charge in [-0.3, -0.25) is 9.59 Å². The minimum Gasteiger partial charge on any atom is -0.481 e. The average molecular weight is 302 g/mol. The van der Waals surface area contributed by atoms with E-state index in [4.69, 9.17) is 10.8 Å². The van der Waals surface area contributed by atoms with E-state index in [1.165, 1.54) is 0 Å². The number of nitrogens with one attached hydrogen (secondary N) is 2. The van der Waals surface area contributed by atoms with Crippen LogP contribution in [0.3, 0.4) is 0 Å². The van der Waals surface area contributed by atoms with E-state index in [1.54, 1.807) is 18.2 Å². The number of hydrogen-bond donors (Lipinski definition) is 4. The van der Waals surface area contributed by atoms with Crippen LogP contribution in [0.2, 0.25) is 0 Å². The number of amides is 1. The van der Waals surface area contributed by atoms with Gasteiger partial charge in [-0.25, -0.2) is 4.98 Å². The predicted octanol–water partition coefficient (Wildman–Crippen LogP) is 2.12. The fourth-order valence-electron chi connectivity index (χ4n) is 3.07. The summed E-state index contributed by atoms with van der Waals surface area (Å²) in [6, 6.07) is 5.29. The Hall–Kier alpha value is -2.57. The van der Waals surface area contributed by atoms with E-state index in [0.717, 1.165) is 30.3 Å². The van der Waals surface area contributed by atoms with Gasteiger partial charge in [-0.2, -0.15) is 0 Å². The number of H-pyrrole nitrogens is 1. The third kappa shape index (κ3) is 2.88. The Balaban J connectivity index is 1.68. The maximum Gasteiger partial charge on any atom is 0.303 e. The number of fused-ring (bicyclic) bond motifs is 1. The van der Waals surface area contributed by atoms with Crippen molar-refractivity contribution in [3.8, 4) is 0 Å². The quantitative estimate of drug-likeness (QED) is 0.674. The van der Waals surface area contributed by atoms with Crippen molar-refractivity contribution in [3.63, 3.8) is 0 Å². The van der Waals surface area contributed by atoms with E-state index in [0.29, 0.717) is 11.6 Å². The van der Waals surface area contributed by atoms with Crippen LogP contribution in [0, 0.1) is 5.41 Å². The number of aromatic nitrogens is 2. The largest absolute Gasteiger partial charge is 0.481 e. The molecule has 1 aliphatic carbocycles. The molecule has 1 heterocycles. The summed E-state index contributed by atoms with van der Waals surface area (Å²) >= 11 is 0. The molecule has 7 heteroatoms. The van der Waals surface area contributed by atoms with Crippen molar-refractivity contribution >= 4 is 34.5 Å². The van der Waals surface area contributed by atoms with Gasteiger partial charge in [0.1, 0.15) is 0 Å². The highest BCUT2D eigenvalue weighted by Gasteiger charge is 2.40. The number of carboxylic acids is 1. The second-order valence-electron chi connectivity index (χ2n) is 6.00.